The van der Waals surface area contributed by atoms with Crippen molar-refractivity contribution in [1.29, 1.82) is 0 Å². The Balaban J connectivity index is 1.93. The van der Waals surface area contributed by atoms with Crippen LogP contribution >= 0.6 is 23.1 Å². The number of hydrogen-bond donors (Lipinski definition) is 0. The molecule has 1 fully saturated rings. The largest absolute Gasteiger partial charge is 0.340 e. The molecule has 0 saturated carbocycles. The Kier molecular flexibility index (Phi) is 3.48. The number of halogens is 1. The van der Waals surface area contributed by atoms with Crippen LogP contribution in [0.2, 0.25) is 5.02 Å². The van der Waals surface area contributed by atoms with Crippen LogP contribution in [0.25, 0.3) is 0 Å². The molecule has 1 aliphatic heterocycles. The summed E-state index contributed by atoms with van der Waals surface area (Å²) in [6, 6.07) is 8.53. The molecule has 1 aliphatic rings. The van der Waals surface area contributed by atoms with Crippen molar-refractivity contribution in [3.63, 3.8) is 0 Å². The molecule has 3 nitrogen and oxygen atoms in total. The molecule has 3 rings (SSSR count). The molecule has 2 heterocycles. The van der Waals surface area contributed by atoms with Gasteiger partial charge in [0, 0.05) is 23.1 Å². The van der Waals surface area contributed by atoms with Gasteiger partial charge in [-0.2, -0.15) is 4.37 Å². The van der Waals surface area contributed by atoms with Crippen LogP contribution in [0.1, 0.15) is 30.9 Å². The van der Waals surface area contributed by atoms with Crippen LogP contribution in [0.15, 0.2) is 30.6 Å². The van der Waals surface area contributed by atoms with E-state index in [0.29, 0.717) is 6.04 Å². The van der Waals surface area contributed by atoms with Gasteiger partial charge in [0.25, 0.3) is 0 Å². The predicted molar refractivity (Wildman–Crippen MR) is 75.3 cm³/mol. The third kappa shape index (κ3) is 2.35. The van der Waals surface area contributed by atoms with E-state index in [4.69, 9.17) is 11.6 Å². The summed E-state index contributed by atoms with van der Waals surface area (Å²) >= 11 is 7.56. The highest BCUT2D eigenvalue weighted by molar-refractivity contribution is 7.09. The normalized spacial score (nSPS) is 20.1. The minimum Gasteiger partial charge on any atom is -0.340 e. The van der Waals surface area contributed by atoms with E-state index in [1.54, 1.807) is 6.33 Å². The molecule has 1 aromatic carbocycles. The number of benzene rings is 1. The lowest BCUT2D eigenvalue weighted by atomic mass is 9.96. The van der Waals surface area contributed by atoms with E-state index in [1.807, 2.05) is 12.1 Å². The van der Waals surface area contributed by atoms with Crippen molar-refractivity contribution in [2.75, 3.05) is 11.4 Å². The average Bonchev–Trinajstić information content (AvgIpc) is 2.92. The second-order valence-corrected chi connectivity index (χ2v) is 5.68. The topological polar surface area (TPSA) is 29.0 Å². The van der Waals surface area contributed by atoms with Gasteiger partial charge in [0.15, 0.2) is 0 Å². The second kappa shape index (κ2) is 5.24. The Morgan fingerprint density at radius 2 is 2.28 bits per heavy atom. The fraction of sp³-hybridized carbons (Fsp3) is 0.385. The molecule has 18 heavy (non-hydrogen) atoms. The lowest BCUT2D eigenvalue weighted by Gasteiger charge is -2.35. The number of nitrogens with zero attached hydrogens (tertiary/aromatic N) is 3. The predicted octanol–water partition coefficient (Wildman–Crippen LogP) is 3.92. The molecule has 94 valence electrons. The summed E-state index contributed by atoms with van der Waals surface area (Å²) in [4.78, 5) is 6.69. The van der Waals surface area contributed by atoms with Crippen LogP contribution in [0.4, 0.5) is 5.13 Å². The maximum Gasteiger partial charge on any atom is 0.205 e. The van der Waals surface area contributed by atoms with Gasteiger partial charge in [-0.05, 0) is 37.0 Å². The molecule has 2 aromatic rings. The highest BCUT2D eigenvalue weighted by Gasteiger charge is 2.26. The standard InChI is InChI=1S/C13H14ClN3S/c14-11-5-3-4-10(8-11)12-6-1-2-7-17(12)13-15-9-16-18-13/h3-5,8-9,12H,1-2,6-7H2. The van der Waals surface area contributed by atoms with Crippen molar-refractivity contribution in [1.82, 2.24) is 9.36 Å². The minimum absolute atomic E-state index is 0.380. The number of rotatable bonds is 2. The Labute approximate surface area is 116 Å². The molecule has 1 aromatic heterocycles. The van der Waals surface area contributed by atoms with Crippen molar-refractivity contribution >= 4 is 28.3 Å². The average molecular weight is 280 g/mol. The van der Waals surface area contributed by atoms with E-state index in [0.717, 1.165) is 23.1 Å². The number of anilines is 1. The zero-order valence-corrected chi connectivity index (χ0v) is 11.5. The van der Waals surface area contributed by atoms with Crippen molar-refractivity contribution in [3.8, 4) is 0 Å². The smallest absolute Gasteiger partial charge is 0.205 e. The van der Waals surface area contributed by atoms with Crippen LogP contribution < -0.4 is 4.90 Å². The zero-order valence-electron chi connectivity index (χ0n) is 9.92. The molecular formula is C13H14ClN3S. The first kappa shape index (κ1) is 11.9. The molecule has 5 heteroatoms. The first-order chi connectivity index (χ1) is 8.84. The third-order valence-corrected chi connectivity index (χ3v) is 4.27. The van der Waals surface area contributed by atoms with E-state index in [-0.39, 0.29) is 0 Å². The molecule has 0 N–H and O–H groups in total. The van der Waals surface area contributed by atoms with Gasteiger partial charge in [0.1, 0.15) is 6.33 Å². The van der Waals surface area contributed by atoms with E-state index >= 15 is 0 Å². The first-order valence-corrected chi connectivity index (χ1v) is 7.28. The lowest BCUT2D eigenvalue weighted by molar-refractivity contribution is 0.472. The molecule has 0 amide bonds. The summed E-state index contributed by atoms with van der Waals surface area (Å²) in [5.74, 6) is 0. The quantitative estimate of drug-likeness (QED) is 0.834. The van der Waals surface area contributed by atoms with Gasteiger partial charge < -0.3 is 4.90 Å². The Morgan fingerprint density at radius 3 is 3.06 bits per heavy atom. The highest BCUT2D eigenvalue weighted by atomic mass is 35.5. The van der Waals surface area contributed by atoms with Gasteiger partial charge in [-0.15, -0.1) is 0 Å². The van der Waals surface area contributed by atoms with Gasteiger partial charge in [-0.1, -0.05) is 23.7 Å². The molecular weight excluding hydrogens is 266 g/mol. The summed E-state index contributed by atoms with van der Waals surface area (Å²) in [5.41, 5.74) is 1.28. The fourth-order valence-corrected chi connectivity index (χ4v) is 3.32. The maximum atomic E-state index is 6.09. The van der Waals surface area contributed by atoms with E-state index in [2.05, 4.69) is 26.4 Å². The van der Waals surface area contributed by atoms with Crippen LogP contribution in [-0.2, 0) is 0 Å². The van der Waals surface area contributed by atoms with Gasteiger partial charge in [0.2, 0.25) is 5.13 Å². The monoisotopic (exact) mass is 279 g/mol. The van der Waals surface area contributed by atoms with Crippen LogP contribution in [0.5, 0.6) is 0 Å². The van der Waals surface area contributed by atoms with Crippen molar-refractivity contribution in [3.05, 3.63) is 41.2 Å². The summed E-state index contributed by atoms with van der Waals surface area (Å²) in [6.45, 7) is 1.05. The van der Waals surface area contributed by atoms with E-state index in [9.17, 15) is 0 Å². The fourth-order valence-electron chi connectivity index (χ4n) is 2.51. The molecule has 0 aliphatic carbocycles. The zero-order chi connectivity index (χ0) is 12.4. The van der Waals surface area contributed by atoms with Gasteiger partial charge in [-0.3, -0.25) is 0 Å². The Hall–Kier alpha value is -1.13. The number of piperidine rings is 1. The van der Waals surface area contributed by atoms with Crippen LogP contribution in [0, 0.1) is 0 Å². The van der Waals surface area contributed by atoms with Crippen LogP contribution in [-0.4, -0.2) is 15.9 Å². The Morgan fingerprint density at radius 1 is 1.33 bits per heavy atom. The molecule has 1 unspecified atom stereocenters. The second-order valence-electron chi connectivity index (χ2n) is 4.48. The summed E-state index contributed by atoms with van der Waals surface area (Å²) in [6.07, 6.45) is 5.26. The lowest BCUT2D eigenvalue weighted by Crippen LogP contribution is -2.33. The number of hydrogen-bond acceptors (Lipinski definition) is 4. The SMILES string of the molecule is Clc1cccc(C2CCCCN2c2ncns2)c1. The summed E-state index contributed by atoms with van der Waals surface area (Å²) in [5, 5.41) is 1.81. The van der Waals surface area contributed by atoms with Crippen LogP contribution in [0.3, 0.4) is 0 Å². The van der Waals surface area contributed by atoms with Gasteiger partial charge >= 0.3 is 0 Å². The number of aromatic nitrogens is 2. The molecule has 0 bridgehead atoms. The first-order valence-electron chi connectivity index (χ1n) is 6.13. The Bertz CT molecular complexity index is 515. The minimum atomic E-state index is 0.380. The highest BCUT2D eigenvalue weighted by Crippen LogP contribution is 2.35. The van der Waals surface area contributed by atoms with E-state index in [1.165, 1.54) is 29.9 Å². The van der Waals surface area contributed by atoms with E-state index < -0.39 is 0 Å². The molecule has 1 atom stereocenters. The van der Waals surface area contributed by atoms with Crippen molar-refractivity contribution in [2.24, 2.45) is 0 Å². The molecule has 0 spiro atoms. The van der Waals surface area contributed by atoms with Crippen molar-refractivity contribution in [2.45, 2.75) is 25.3 Å². The molecule has 1 saturated heterocycles. The maximum absolute atomic E-state index is 6.09. The summed E-state index contributed by atoms with van der Waals surface area (Å²) < 4.78 is 4.11. The van der Waals surface area contributed by atoms with Crippen molar-refractivity contribution < 1.29 is 0 Å². The molecule has 0 radical (unpaired) electrons. The van der Waals surface area contributed by atoms with Gasteiger partial charge in [0.05, 0.1) is 6.04 Å². The summed E-state index contributed by atoms with van der Waals surface area (Å²) in [7, 11) is 0. The third-order valence-electron chi connectivity index (χ3n) is 3.33. The van der Waals surface area contributed by atoms with Gasteiger partial charge in [-0.25, -0.2) is 4.98 Å².